The molecule has 1 aliphatic heterocycles. The predicted molar refractivity (Wildman–Crippen MR) is 109 cm³/mol. The van der Waals surface area contributed by atoms with Crippen molar-refractivity contribution < 1.29 is 9.94 Å². The topological polar surface area (TPSA) is 45.1 Å². The highest BCUT2D eigenvalue weighted by Gasteiger charge is 2.27. The first kappa shape index (κ1) is 18.2. The first-order chi connectivity index (χ1) is 13.1. The predicted octanol–water partition coefficient (Wildman–Crippen LogP) is 4.06. The Morgan fingerprint density at radius 1 is 0.963 bits per heavy atom. The van der Waals surface area contributed by atoms with Crippen LogP contribution in [0.5, 0.6) is 0 Å². The molecule has 1 N–H and O–H groups in total. The molecule has 2 aliphatic rings. The highest BCUT2D eigenvalue weighted by molar-refractivity contribution is 6.24. The summed E-state index contributed by atoms with van der Waals surface area (Å²) < 4.78 is 0. The summed E-state index contributed by atoms with van der Waals surface area (Å²) in [6.07, 6.45) is 3.14. The van der Waals surface area contributed by atoms with Crippen molar-refractivity contribution in [3.05, 3.63) is 59.7 Å². The number of likely N-dealkylation sites (tertiary alicyclic amines) is 1. The van der Waals surface area contributed by atoms with Crippen molar-refractivity contribution in [2.24, 2.45) is 5.16 Å². The summed E-state index contributed by atoms with van der Waals surface area (Å²) in [5.41, 5.74) is 5.41. The number of β-amino-alcohol motifs (C(OH)–C–C–N with tert-alkyl or cyclic N) is 1. The lowest BCUT2D eigenvalue weighted by atomic mass is 9.97. The van der Waals surface area contributed by atoms with E-state index in [2.05, 4.69) is 48.2 Å². The Morgan fingerprint density at radius 3 is 2.04 bits per heavy atom. The number of hydrogen-bond acceptors (Lipinski definition) is 4. The van der Waals surface area contributed by atoms with Crippen LogP contribution in [0.15, 0.2) is 53.7 Å². The maximum absolute atomic E-state index is 10.5. The van der Waals surface area contributed by atoms with Crippen LogP contribution in [0.2, 0.25) is 0 Å². The maximum Gasteiger partial charge on any atom is 0.144 e. The molecule has 0 amide bonds. The Kier molecular flexibility index (Phi) is 5.28. The van der Waals surface area contributed by atoms with Crippen molar-refractivity contribution in [1.82, 2.24) is 4.90 Å². The Hall–Kier alpha value is -2.17. The zero-order valence-electron chi connectivity index (χ0n) is 16.1. The van der Waals surface area contributed by atoms with Crippen LogP contribution in [0.25, 0.3) is 11.1 Å². The van der Waals surface area contributed by atoms with E-state index >= 15 is 0 Å². The molecule has 1 aliphatic carbocycles. The monoisotopic (exact) mass is 364 g/mol. The van der Waals surface area contributed by atoms with Crippen LogP contribution >= 0.6 is 0 Å². The van der Waals surface area contributed by atoms with Crippen LogP contribution in [0, 0.1) is 0 Å². The van der Waals surface area contributed by atoms with Gasteiger partial charge in [0, 0.05) is 29.8 Å². The normalized spacial score (nSPS) is 22.9. The number of oxime groups is 1. The van der Waals surface area contributed by atoms with E-state index in [0.717, 1.165) is 16.8 Å². The third kappa shape index (κ3) is 3.64. The van der Waals surface area contributed by atoms with Gasteiger partial charge in [0.05, 0.1) is 0 Å². The smallest absolute Gasteiger partial charge is 0.144 e. The van der Waals surface area contributed by atoms with E-state index in [4.69, 9.17) is 4.84 Å². The summed E-state index contributed by atoms with van der Waals surface area (Å²) in [7, 11) is 0. The van der Waals surface area contributed by atoms with Gasteiger partial charge in [0.2, 0.25) is 0 Å². The van der Waals surface area contributed by atoms with Gasteiger partial charge in [0.25, 0.3) is 0 Å². The molecule has 0 spiro atoms. The highest BCUT2D eigenvalue weighted by atomic mass is 16.6. The zero-order chi connectivity index (χ0) is 18.8. The van der Waals surface area contributed by atoms with Crippen molar-refractivity contribution >= 4 is 5.71 Å². The fourth-order valence-corrected chi connectivity index (χ4v) is 4.41. The lowest BCUT2D eigenvalue weighted by Crippen LogP contribution is -2.48. The first-order valence-corrected chi connectivity index (χ1v) is 9.98. The van der Waals surface area contributed by atoms with E-state index in [1.807, 2.05) is 24.3 Å². The highest BCUT2D eigenvalue weighted by Crippen LogP contribution is 2.36. The third-order valence-corrected chi connectivity index (χ3v) is 5.87. The van der Waals surface area contributed by atoms with Gasteiger partial charge in [-0.05, 0) is 37.8 Å². The molecule has 142 valence electrons. The summed E-state index contributed by atoms with van der Waals surface area (Å²) in [5.74, 6) is 0. The zero-order valence-corrected chi connectivity index (χ0v) is 16.1. The minimum atomic E-state index is -0.538. The van der Waals surface area contributed by atoms with E-state index < -0.39 is 6.10 Å². The van der Waals surface area contributed by atoms with Gasteiger partial charge in [-0.1, -0.05) is 60.1 Å². The fraction of sp³-hybridized carbons (Fsp3) is 0.435. The molecule has 0 unspecified atom stereocenters. The van der Waals surface area contributed by atoms with Gasteiger partial charge in [0.15, 0.2) is 0 Å². The van der Waals surface area contributed by atoms with Gasteiger partial charge in [-0.3, -0.25) is 4.90 Å². The number of rotatable bonds is 5. The van der Waals surface area contributed by atoms with E-state index in [-0.39, 0.29) is 6.61 Å². The SMILES string of the molecule is C[C@@H]1CCC[C@H](C)N1C[C@@H](O)CON=C1c2ccccc2-c2ccccc21. The van der Waals surface area contributed by atoms with Crippen molar-refractivity contribution in [3.8, 4) is 11.1 Å². The van der Waals surface area contributed by atoms with Crippen LogP contribution in [0.1, 0.15) is 44.2 Å². The van der Waals surface area contributed by atoms with Crippen LogP contribution in [0.3, 0.4) is 0 Å². The Balaban J connectivity index is 1.44. The second kappa shape index (κ2) is 7.83. The van der Waals surface area contributed by atoms with Crippen LogP contribution in [0.4, 0.5) is 0 Å². The summed E-state index contributed by atoms with van der Waals surface area (Å²) >= 11 is 0. The number of fused-ring (bicyclic) bond motifs is 3. The van der Waals surface area contributed by atoms with Crippen LogP contribution in [-0.4, -0.2) is 47.1 Å². The molecule has 2 aromatic rings. The summed E-state index contributed by atoms with van der Waals surface area (Å²) in [5, 5.41) is 14.9. The average molecular weight is 364 g/mol. The Morgan fingerprint density at radius 2 is 1.48 bits per heavy atom. The molecule has 1 heterocycles. The van der Waals surface area contributed by atoms with Gasteiger partial charge in [-0.15, -0.1) is 0 Å². The Bertz CT molecular complexity index is 775. The number of benzene rings is 2. The fourth-order valence-electron chi connectivity index (χ4n) is 4.41. The number of aliphatic hydroxyl groups is 1. The summed E-state index contributed by atoms with van der Waals surface area (Å²) in [4.78, 5) is 8.01. The number of hydrogen-bond donors (Lipinski definition) is 1. The van der Waals surface area contributed by atoms with E-state index in [0.29, 0.717) is 18.6 Å². The molecule has 4 heteroatoms. The molecule has 1 saturated heterocycles. The van der Waals surface area contributed by atoms with Crippen LogP contribution in [-0.2, 0) is 4.84 Å². The van der Waals surface area contributed by atoms with E-state index in [1.54, 1.807) is 0 Å². The number of nitrogens with zero attached hydrogens (tertiary/aromatic N) is 2. The lowest BCUT2D eigenvalue weighted by Gasteiger charge is -2.39. The lowest BCUT2D eigenvalue weighted by molar-refractivity contribution is -0.00746. The molecule has 4 rings (SSSR count). The molecule has 0 radical (unpaired) electrons. The molecule has 3 atom stereocenters. The molecular weight excluding hydrogens is 336 g/mol. The van der Waals surface area contributed by atoms with Gasteiger partial charge < -0.3 is 9.94 Å². The molecule has 0 aromatic heterocycles. The van der Waals surface area contributed by atoms with Crippen LogP contribution < -0.4 is 0 Å². The molecule has 0 saturated carbocycles. The molecule has 0 bridgehead atoms. The van der Waals surface area contributed by atoms with Crippen molar-refractivity contribution in [2.45, 2.75) is 51.3 Å². The quantitative estimate of drug-likeness (QED) is 0.695. The number of aliphatic hydroxyl groups excluding tert-OH is 1. The van der Waals surface area contributed by atoms with Gasteiger partial charge in [-0.2, -0.15) is 0 Å². The van der Waals surface area contributed by atoms with Gasteiger partial charge in [0.1, 0.15) is 18.4 Å². The second-order valence-corrected chi connectivity index (χ2v) is 7.81. The molecular formula is C23H28N2O2. The van der Waals surface area contributed by atoms with Gasteiger partial charge in [-0.25, -0.2) is 0 Å². The summed E-state index contributed by atoms with van der Waals surface area (Å²) in [6.45, 7) is 5.34. The first-order valence-electron chi connectivity index (χ1n) is 9.98. The van der Waals surface area contributed by atoms with E-state index in [1.165, 1.54) is 30.4 Å². The molecule has 4 nitrogen and oxygen atoms in total. The average Bonchev–Trinajstić information content (AvgIpc) is 2.99. The molecule has 2 aromatic carbocycles. The largest absolute Gasteiger partial charge is 0.392 e. The number of piperidine rings is 1. The summed E-state index contributed by atoms with van der Waals surface area (Å²) in [6, 6.07) is 17.5. The van der Waals surface area contributed by atoms with Gasteiger partial charge >= 0.3 is 0 Å². The molecule has 1 fully saturated rings. The van der Waals surface area contributed by atoms with Crippen molar-refractivity contribution in [1.29, 1.82) is 0 Å². The van der Waals surface area contributed by atoms with Crippen molar-refractivity contribution in [3.63, 3.8) is 0 Å². The van der Waals surface area contributed by atoms with Crippen molar-refractivity contribution in [2.75, 3.05) is 13.2 Å². The second-order valence-electron chi connectivity index (χ2n) is 7.81. The Labute approximate surface area is 161 Å². The maximum atomic E-state index is 10.5. The third-order valence-electron chi connectivity index (χ3n) is 5.87. The minimum absolute atomic E-state index is 0.212. The van der Waals surface area contributed by atoms with E-state index in [9.17, 15) is 5.11 Å². The standard InChI is InChI=1S/C23H28N2O2/c1-16-8-7-9-17(2)25(16)14-18(26)15-27-24-23-21-12-5-3-10-19(21)20-11-4-6-13-22(20)23/h3-6,10-13,16-18,26H,7-9,14-15H2,1-2H3/t16-,17+,18-/m1/s1. The molecule has 27 heavy (non-hydrogen) atoms. The minimum Gasteiger partial charge on any atom is -0.392 e.